The Labute approximate surface area is 85.5 Å². The Hall–Kier alpha value is -1.15. The van der Waals surface area contributed by atoms with E-state index >= 15 is 0 Å². The molecule has 0 N–H and O–H groups in total. The molecule has 76 valence electrons. The van der Waals surface area contributed by atoms with Gasteiger partial charge in [0.05, 0.1) is 6.04 Å². The summed E-state index contributed by atoms with van der Waals surface area (Å²) in [5, 5.41) is 0. The first-order chi connectivity index (χ1) is 6.52. The van der Waals surface area contributed by atoms with Gasteiger partial charge in [-0.15, -0.1) is 0 Å². The normalized spacial score (nSPS) is 12.9. The first-order valence-electron chi connectivity index (χ1n) is 4.79. The number of nitrogens with zero attached hydrogens (tertiary/aromatic N) is 1. The van der Waals surface area contributed by atoms with Crippen LogP contribution in [0.1, 0.15) is 22.8 Å². The van der Waals surface area contributed by atoms with Crippen LogP contribution in [0.3, 0.4) is 0 Å². The zero-order chi connectivity index (χ0) is 10.7. The number of ketones is 1. The molecule has 1 aromatic carbocycles. The number of carbonyl (C=O) groups excluding carboxylic acids is 1. The Balaban J connectivity index is 2.89. The third-order valence-electron chi connectivity index (χ3n) is 2.46. The molecule has 0 radical (unpaired) electrons. The number of carbonyl (C=O) groups is 1. The lowest BCUT2D eigenvalue weighted by Gasteiger charge is -2.18. The van der Waals surface area contributed by atoms with E-state index in [2.05, 4.69) is 0 Å². The predicted molar refractivity (Wildman–Crippen MR) is 58.7 cm³/mol. The number of hydrogen-bond donors (Lipinski definition) is 0. The van der Waals surface area contributed by atoms with Gasteiger partial charge in [0.1, 0.15) is 0 Å². The van der Waals surface area contributed by atoms with Crippen LogP contribution >= 0.6 is 0 Å². The van der Waals surface area contributed by atoms with Crippen LogP contribution in [0.4, 0.5) is 0 Å². The predicted octanol–water partition coefficient (Wildman–Crippen LogP) is 2.13. The molecule has 0 saturated heterocycles. The Morgan fingerprint density at radius 2 is 2.00 bits per heavy atom. The number of likely N-dealkylation sites (N-methyl/N-ethyl adjacent to an activating group) is 1. The highest BCUT2D eigenvalue weighted by Gasteiger charge is 2.16. The SMILES string of the molecule is Cc1cccc(C(=O)C(C)N(C)C)c1. The highest BCUT2D eigenvalue weighted by molar-refractivity contribution is 5.99. The molecule has 2 heteroatoms. The maximum Gasteiger partial charge on any atom is 0.179 e. The molecule has 0 amide bonds. The van der Waals surface area contributed by atoms with E-state index in [0.717, 1.165) is 11.1 Å². The Kier molecular flexibility index (Phi) is 3.42. The molecule has 1 rings (SSSR count). The van der Waals surface area contributed by atoms with Crippen molar-refractivity contribution in [1.82, 2.24) is 4.90 Å². The highest BCUT2D eigenvalue weighted by Crippen LogP contribution is 2.08. The van der Waals surface area contributed by atoms with Gasteiger partial charge in [-0.25, -0.2) is 0 Å². The van der Waals surface area contributed by atoms with Crippen molar-refractivity contribution in [3.63, 3.8) is 0 Å². The third kappa shape index (κ3) is 2.42. The minimum absolute atomic E-state index is 0.0585. The van der Waals surface area contributed by atoms with E-state index in [9.17, 15) is 4.79 Å². The maximum atomic E-state index is 11.9. The second kappa shape index (κ2) is 4.38. The first kappa shape index (κ1) is 10.9. The van der Waals surface area contributed by atoms with Gasteiger partial charge in [0.15, 0.2) is 5.78 Å². The fraction of sp³-hybridized carbons (Fsp3) is 0.417. The molecule has 0 aliphatic heterocycles. The molecular weight excluding hydrogens is 174 g/mol. The second-order valence-corrected chi connectivity index (χ2v) is 3.87. The van der Waals surface area contributed by atoms with Crippen LogP contribution in [0.5, 0.6) is 0 Å². The van der Waals surface area contributed by atoms with E-state index < -0.39 is 0 Å². The average Bonchev–Trinajstić information content (AvgIpc) is 2.15. The Morgan fingerprint density at radius 3 is 2.50 bits per heavy atom. The second-order valence-electron chi connectivity index (χ2n) is 3.87. The van der Waals surface area contributed by atoms with Gasteiger partial charge in [-0.05, 0) is 34.0 Å². The van der Waals surface area contributed by atoms with E-state index in [1.165, 1.54) is 0 Å². The first-order valence-corrected chi connectivity index (χ1v) is 4.79. The number of rotatable bonds is 3. The molecule has 0 fully saturated rings. The molecule has 0 saturated carbocycles. The molecule has 0 aliphatic rings. The molecule has 0 spiro atoms. The molecule has 1 unspecified atom stereocenters. The molecule has 14 heavy (non-hydrogen) atoms. The van der Waals surface area contributed by atoms with Crippen LogP contribution in [0.25, 0.3) is 0 Å². The van der Waals surface area contributed by atoms with Crippen molar-refractivity contribution >= 4 is 5.78 Å². The van der Waals surface area contributed by atoms with E-state index in [0.29, 0.717) is 0 Å². The number of benzene rings is 1. The summed E-state index contributed by atoms with van der Waals surface area (Å²) >= 11 is 0. The summed E-state index contributed by atoms with van der Waals surface area (Å²) < 4.78 is 0. The molecule has 1 atom stereocenters. The summed E-state index contributed by atoms with van der Waals surface area (Å²) in [6.45, 7) is 3.92. The Bertz CT molecular complexity index is 331. The van der Waals surface area contributed by atoms with Crippen LogP contribution in [0.2, 0.25) is 0 Å². The summed E-state index contributed by atoms with van der Waals surface area (Å²) in [7, 11) is 3.83. The standard InChI is InChI=1S/C12H17NO/c1-9-6-5-7-11(8-9)12(14)10(2)13(3)4/h5-8,10H,1-4H3. The smallest absolute Gasteiger partial charge is 0.179 e. The van der Waals surface area contributed by atoms with Gasteiger partial charge in [0.2, 0.25) is 0 Å². The monoisotopic (exact) mass is 191 g/mol. The van der Waals surface area contributed by atoms with Crippen LogP contribution < -0.4 is 0 Å². The van der Waals surface area contributed by atoms with Crippen molar-refractivity contribution < 1.29 is 4.79 Å². The van der Waals surface area contributed by atoms with Crippen LogP contribution in [0.15, 0.2) is 24.3 Å². The highest BCUT2D eigenvalue weighted by atomic mass is 16.1. The largest absolute Gasteiger partial charge is 0.300 e. The lowest BCUT2D eigenvalue weighted by molar-refractivity contribution is 0.0890. The van der Waals surface area contributed by atoms with Gasteiger partial charge in [-0.2, -0.15) is 0 Å². The number of Topliss-reactive ketones (excluding diaryl/α,β-unsaturated/α-hetero) is 1. The summed E-state index contributed by atoms with van der Waals surface area (Å²) in [5.74, 6) is 0.179. The third-order valence-corrected chi connectivity index (χ3v) is 2.46. The lowest BCUT2D eigenvalue weighted by atomic mass is 10.0. The Morgan fingerprint density at radius 1 is 1.36 bits per heavy atom. The van der Waals surface area contributed by atoms with Crippen LogP contribution in [0, 0.1) is 6.92 Å². The minimum atomic E-state index is -0.0585. The van der Waals surface area contributed by atoms with Gasteiger partial charge in [0, 0.05) is 5.56 Å². The van der Waals surface area contributed by atoms with Crippen molar-refractivity contribution in [2.45, 2.75) is 19.9 Å². The lowest BCUT2D eigenvalue weighted by Crippen LogP contribution is -2.32. The van der Waals surface area contributed by atoms with Gasteiger partial charge < -0.3 is 0 Å². The van der Waals surface area contributed by atoms with E-state index in [1.54, 1.807) is 0 Å². The van der Waals surface area contributed by atoms with Crippen molar-refractivity contribution in [2.75, 3.05) is 14.1 Å². The molecule has 0 aliphatic carbocycles. The summed E-state index contributed by atoms with van der Waals surface area (Å²) in [6.07, 6.45) is 0. The van der Waals surface area contributed by atoms with Crippen LogP contribution in [-0.2, 0) is 0 Å². The molecule has 0 aromatic heterocycles. The quantitative estimate of drug-likeness (QED) is 0.682. The summed E-state index contributed by atoms with van der Waals surface area (Å²) in [5.41, 5.74) is 1.92. The van der Waals surface area contributed by atoms with Gasteiger partial charge in [-0.3, -0.25) is 9.69 Å². The van der Waals surface area contributed by atoms with E-state index in [4.69, 9.17) is 0 Å². The van der Waals surface area contributed by atoms with Gasteiger partial charge >= 0.3 is 0 Å². The van der Waals surface area contributed by atoms with Crippen molar-refractivity contribution in [1.29, 1.82) is 0 Å². The zero-order valence-electron chi connectivity index (χ0n) is 9.24. The summed E-state index contributed by atoms with van der Waals surface area (Å²) in [4.78, 5) is 13.8. The number of hydrogen-bond acceptors (Lipinski definition) is 2. The average molecular weight is 191 g/mol. The van der Waals surface area contributed by atoms with Gasteiger partial charge in [0.25, 0.3) is 0 Å². The van der Waals surface area contributed by atoms with Crippen LogP contribution in [-0.4, -0.2) is 30.8 Å². The van der Waals surface area contributed by atoms with E-state index in [-0.39, 0.29) is 11.8 Å². The molecular formula is C12H17NO. The van der Waals surface area contributed by atoms with E-state index in [1.807, 2.05) is 57.1 Å². The fourth-order valence-corrected chi connectivity index (χ4v) is 1.27. The molecule has 2 nitrogen and oxygen atoms in total. The molecule has 0 heterocycles. The number of aryl methyl sites for hydroxylation is 1. The minimum Gasteiger partial charge on any atom is -0.300 e. The topological polar surface area (TPSA) is 20.3 Å². The van der Waals surface area contributed by atoms with Crippen molar-refractivity contribution in [2.24, 2.45) is 0 Å². The fourth-order valence-electron chi connectivity index (χ4n) is 1.27. The van der Waals surface area contributed by atoms with Crippen molar-refractivity contribution in [3.8, 4) is 0 Å². The zero-order valence-corrected chi connectivity index (χ0v) is 9.24. The van der Waals surface area contributed by atoms with Gasteiger partial charge in [-0.1, -0.05) is 23.8 Å². The maximum absolute atomic E-state index is 11.9. The molecule has 0 bridgehead atoms. The molecule has 1 aromatic rings. The van der Waals surface area contributed by atoms with Crippen molar-refractivity contribution in [3.05, 3.63) is 35.4 Å². The summed E-state index contributed by atoms with van der Waals surface area (Å²) in [6, 6.07) is 7.66.